The first-order valence-electron chi connectivity index (χ1n) is 26.3. The highest BCUT2D eigenvalue weighted by Gasteiger charge is 2.21. The number of phosphoric acid groups is 1. The maximum Gasteiger partial charge on any atom is 0.306 e. The van der Waals surface area contributed by atoms with E-state index in [1.165, 1.54) is 163 Å². The molecular formula is C51H95N4O10PS2. The molecule has 0 fully saturated rings. The van der Waals surface area contributed by atoms with Gasteiger partial charge in [0.1, 0.15) is 11.6 Å². The Kier molecular flexibility index (Phi) is 46.9. The van der Waals surface area contributed by atoms with Gasteiger partial charge in [-0.05, 0) is 35.8 Å². The summed E-state index contributed by atoms with van der Waals surface area (Å²) in [6, 6.07) is 5.59. The number of quaternary nitrogens is 1. The summed E-state index contributed by atoms with van der Waals surface area (Å²) in [5.74, 6) is -1.23. The van der Waals surface area contributed by atoms with Gasteiger partial charge < -0.3 is 40.2 Å². The smallest absolute Gasteiger partial charge is 0.306 e. The van der Waals surface area contributed by atoms with Crippen LogP contribution in [0.1, 0.15) is 226 Å². The van der Waals surface area contributed by atoms with Crippen molar-refractivity contribution in [2.45, 2.75) is 237 Å². The number of hydrogen-bond donors (Lipinski definition) is 3. The van der Waals surface area contributed by atoms with Crippen LogP contribution in [0.15, 0.2) is 29.4 Å². The Morgan fingerprint density at radius 2 is 1.07 bits per heavy atom. The fourth-order valence-corrected chi connectivity index (χ4v) is 10.0. The van der Waals surface area contributed by atoms with Crippen LogP contribution in [0, 0.1) is 0 Å². The molecular weight excluding hydrogens is 924 g/mol. The molecule has 0 aliphatic rings. The number of pyridine rings is 1. The number of nitrogens with zero attached hydrogens (tertiary/aromatic N) is 1. The van der Waals surface area contributed by atoms with Crippen LogP contribution >= 0.6 is 29.4 Å². The minimum absolute atomic E-state index is 0. The lowest BCUT2D eigenvalue weighted by Gasteiger charge is -2.25. The summed E-state index contributed by atoms with van der Waals surface area (Å²) in [6.07, 6.45) is 37.6. The number of carbonyl (C=O) groups excluding carboxylic acids is 4. The van der Waals surface area contributed by atoms with Gasteiger partial charge in [0, 0.05) is 37.8 Å². The monoisotopic (exact) mass is 1020 g/mol. The van der Waals surface area contributed by atoms with E-state index in [4.69, 9.17) is 18.5 Å². The van der Waals surface area contributed by atoms with Crippen LogP contribution in [0.5, 0.6) is 0 Å². The third kappa shape index (κ3) is 45.0. The molecule has 396 valence electrons. The van der Waals surface area contributed by atoms with Gasteiger partial charge in [-0.25, -0.2) is 4.98 Å². The molecule has 0 radical (unpaired) electrons. The van der Waals surface area contributed by atoms with Crippen LogP contribution < -0.4 is 21.7 Å². The first kappa shape index (κ1) is 65.8. The second-order valence-corrected chi connectivity index (χ2v) is 21.6. The Labute approximate surface area is 420 Å². The van der Waals surface area contributed by atoms with Gasteiger partial charge >= 0.3 is 11.9 Å². The summed E-state index contributed by atoms with van der Waals surface area (Å²) in [5, 5.41) is 5.86. The first-order valence-corrected chi connectivity index (χ1v) is 30.1. The van der Waals surface area contributed by atoms with Gasteiger partial charge in [0.05, 0.1) is 19.8 Å². The van der Waals surface area contributed by atoms with E-state index < -0.39 is 45.0 Å². The third-order valence-electron chi connectivity index (χ3n) is 11.4. The predicted molar refractivity (Wildman–Crippen MR) is 279 cm³/mol. The van der Waals surface area contributed by atoms with Crippen molar-refractivity contribution in [1.82, 2.24) is 21.8 Å². The van der Waals surface area contributed by atoms with Crippen molar-refractivity contribution >= 4 is 53.2 Å². The molecule has 0 saturated carbocycles. The number of aromatic nitrogens is 1. The number of ether oxygens (including phenoxy) is 2. The normalized spacial score (nSPS) is 12.5. The second kappa shape index (κ2) is 48.4. The third-order valence-corrected chi connectivity index (χ3v) is 14.7. The van der Waals surface area contributed by atoms with Crippen molar-refractivity contribution in [3.63, 3.8) is 0 Å². The topological polar surface area (TPSA) is 219 Å². The molecule has 2 atom stereocenters. The Hall–Kier alpha value is -2.20. The van der Waals surface area contributed by atoms with Gasteiger partial charge in [-0.15, -0.1) is 0 Å². The summed E-state index contributed by atoms with van der Waals surface area (Å²) in [6.45, 7) is 2.73. The second-order valence-electron chi connectivity index (χ2n) is 17.7. The van der Waals surface area contributed by atoms with Crippen LogP contribution in [0.3, 0.4) is 0 Å². The zero-order valence-corrected chi connectivity index (χ0v) is 45.3. The Balaban J connectivity index is 0.0000449. The molecule has 1 aromatic heterocycles. The minimum atomic E-state index is -4.88. The van der Waals surface area contributed by atoms with Crippen LogP contribution in [-0.4, -0.2) is 73.5 Å². The van der Waals surface area contributed by atoms with Gasteiger partial charge in [0.25, 0.3) is 7.82 Å². The number of carbonyl (C=O) groups is 4. The largest absolute Gasteiger partial charge is 0.756 e. The molecule has 0 bridgehead atoms. The number of phosphoric ester groups is 1. The Morgan fingerprint density at radius 3 is 1.54 bits per heavy atom. The molecule has 0 spiro atoms. The summed E-state index contributed by atoms with van der Waals surface area (Å²) >= 11 is 0. The van der Waals surface area contributed by atoms with E-state index in [9.17, 15) is 28.6 Å². The molecule has 0 aromatic carbocycles. The van der Waals surface area contributed by atoms with Crippen LogP contribution in [0.25, 0.3) is 0 Å². The maximum absolute atomic E-state index is 12.8. The number of hydrogen-bond acceptors (Lipinski definition) is 13. The molecule has 1 heterocycles. The van der Waals surface area contributed by atoms with Crippen LogP contribution in [0.4, 0.5) is 0 Å². The molecule has 2 unspecified atom stereocenters. The molecule has 0 aliphatic heterocycles. The minimum Gasteiger partial charge on any atom is -0.756 e. The highest BCUT2D eigenvalue weighted by molar-refractivity contribution is 8.76. The number of nitrogens with one attached hydrogen (secondary N) is 2. The quantitative estimate of drug-likeness (QED) is 0.0240. The van der Waals surface area contributed by atoms with Gasteiger partial charge in [0.15, 0.2) is 6.10 Å². The summed E-state index contributed by atoms with van der Waals surface area (Å²) < 4.78 is 33.5. The van der Waals surface area contributed by atoms with Crippen LogP contribution in [0.2, 0.25) is 0 Å². The highest BCUT2D eigenvalue weighted by Crippen LogP contribution is 2.38. The molecule has 1 rings (SSSR count). The number of rotatable bonds is 49. The highest BCUT2D eigenvalue weighted by atomic mass is 33.1. The molecule has 0 aliphatic carbocycles. The van der Waals surface area contributed by atoms with Gasteiger partial charge in [0.2, 0.25) is 11.8 Å². The van der Waals surface area contributed by atoms with Crippen molar-refractivity contribution in [3.05, 3.63) is 24.4 Å². The van der Waals surface area contributed by atoms with Crippen molar-refractivity contribution in [3.8, 4) is 0 Å². The predicted octanol–water partition coefficient (Wildman–Crippen LogP) is 13.3. The lowest BCUT2D eigenvalue weighted by molar-refractivity contribution is -0.228. The summed E-state index contributed by atoms with van der Waals surface area (Å²) in [4.78, 5) is 66.5. The SMILES string of the molecule is CCCCCCCCCCCCCCCCCC(=O)OCC(COP(=O)([O-])OCCNC(=O)CNC(=O)CCSSc1ccccn1)OC(=O)CCCCCCCCCCCCCCCCC.[NH4+]. The Morgan fingerprint density at radius 1 is 0.603 bits per heavy atom. The molecule has 14 nitrogen and oxygen atoms in total. The zero-order valence-electron chi connectivity index (χ0n) is 42.8. The van der Waals surface area contributed by atoms with Crippen LogP contribution in [-0.2, 0) is 42.3 Å². The van der Waals surface area contributed by atoms with Gasteiger partial charge in [-0.3, -0.25) is 23.7 Å². The standard InChI is InChI=1S/C51H92N3O10PS2.H3N/c1-3-5-7-9-11-13-15-17-19-21-23-25-27-29-31-36-50(57)61-44-46(64-51(58)37-32-30-28-26-24-22-20-18-16-14-12-10-8-6-4-2)45-63-65(59,60)62-41-40-52-48(56)43-54-47(55)38-42-66-67-49-35-33-34-39-53-49;/h33-35,39,46H,3-32,36-38,40-45H2,1-2H3,(H,52,56)(H,54,55)(H,59,60);1H3. The first-order chi connectivity index (χ1) is 32.6. The van der Waals surface area contributed by atoms with Crippen molar-refractivity contribution in [2.24, 2.45) is 0 Å². The molecule has 2 amide bonds. The van der Waals surface area contributed by atoms with E-state index in [1.54, 1.807) is 6.20 Å². The van der Waals surface area contributed by atoms with E-state index in [1.807, 2.05) is 18.2 Å². The number of unbranched alkanes of at least 4 members (excludes halogenated alkanes) is 28. The maximum atomic E-state index is 12.8. The van der Waals surface area contributed by atoms with Gasteiger partial charge in [-0.1, -0.05) is 210 Å². The average molecular weight is 1020 g/mol. The van der Waals surface area contributed by atoms with Gasteiger partial charge in [-0.2, -0.15) is 0 Å². The lowest BCUT2D eigenvalue weighted by Crippen LogP contribution is -2.38. The molecule has 17 heteroatoms. The average Bonchev–Trinajstić information content (AvgIpc) is 3.32. The summed E-state index contributed by atoms with van der Waals surface area (Å²) in [5.41, 5.74) is 0. The van der Waals surface area contributed by atoms with Crippen molar-refractivity contribution < 1.29 is 47.2 Å². The molecule has 6 N–H and O–H groups in total. The number of amides is 2. The summed E-state index contributed by atoms with van der Waals surface area (Å²) in [7, 11) is -1.94. The van der Waals surface area contributed by atoms with Crippen molar-refractivity contribution in [1.29, 1.82) is 0 Å². The Bertz CT molecular complexity index is 1400. The van der Waals surface area contributed by atoms with E-state index in [2.05, 4.69) is 29.5 Å². The van der Waals surface area contributed by atoms with E-state index in [-0.39, 0.29) is 51.0 Å². The lowest BCUT2D eigenvalue weighted by atomic mass is 10.0. The van der Waals surface area contributed by atoms with E-state index >= 15 is 0 Å². The molecule has 1 aromatic rings. The fourth-order valence-electron chi connectivity index (χ4n) is 7.42. The molecule has 0 saturated heterocycles. The van der Waals surface area contributed by atoms with E-state index in [0.29, 0.717) is 18.6 Å². The van der Waals surface area contributed by atoms with Crippen molar-refractivity contribution in [2.75, 3.05) is 38.7 Å². The zero-order chi connectivity index (χ0) is 48.7. The molecule has 68 heavy (non-hydrogen) atoms. The number of esters is 2. The van der Waals surface area contributed by atoms with E-state index in [0.717, 1.165) is 43.6 Å². The fraction of sp³-hybridized carbons (Fsp3) is 0.824.